The average molecular weight is 1380 g/mol. The molecule has 0 aromatic rings. The van der Waals surface area contributed by atoms with Gasteiger partial charge in [0.25, 0.3) is 0 Å². The van der Waals surface area contributed by atoms with Crippen molar-refractivity contribution in [3.8, 4) is 0 Å². The van der Waals surface area contributed by atoms with E-state index in [0.717, 1.165) is 141 Å². The Balaban J connectivity index is 5.29. The number of aliphatic hydroxyl groups excluding tert-OH is 1. The van der Waals surface area contributed by atoms with Crippen LogP contribution in [-0.4, -0.2) is 96.7 Å². The summed E-state index contributed by atoms with van der Waals surface area (Å²) in [6, 6.07) is 0. The number of carbonyl (C=O) groups is 4. The Morgan fingerprint density at radius 1 is 0.287 bits per heavy atom. The van der Waals surface area contributed by atoms with Gasteiger partial charge < -0.3 is 33.8 Å². The van der Waals surface area contributed by atoms with E-state index in [4.69, 9.17) is 37.0 Å². The third kappa shape index (κ3) is 67.8. The first kappa shape index (κ1) is 91.3. The van der Waals surface area contributed by atoms with Crippen molar-refractivity contribution in [1.82, 2.24) is 0 Å². The number of allylic oxidation sites excluding steroid dienone is 6. The minimum absolute atomic E-state index is 0.0892. The van der Waals surface area contributed by atoms with Gasteiger partial charge in [0, 0.05) is 25.7 Å². The quantitative estimate of drug-likeness (QED) is 0.0169. The molecule has 17 nitrogen and oxygen atoms in total. The Morgan fingerprint density at radius 3 is 0.745 bits per heavy atom. The van der Waals surface area contributed by atoms with Gasteiger partial charge in [-0.2, -0.15) is 0 Å². The van der Waals surface area contributed by atoms with Crippen molar-refractivity contribution in [2.24, 2.45) is 0 Å². The number of unbranched alkanes of at least 4 members (excludes halogenated alkanes) is 41. The minimum Gasteiger partial charge on any atom is -0.462 e. The SMILES string of the molecule is CCCCCC/C=C\CCCCCCCC(=O)OC(COC(=O)CCCCCCC/C=C\CCCCCCCC)COP(=O)(O)OCC(O)COP(=O)(O)OCC(COC(=O)CCCCCCC/C=C\CCCCCCCC)OC(=O)CCCCCCCCCCCCC. The summed E-state index contributed by atoms with van der Waals surface area (Å²) in [6.45, 7) is 4.88. The molecule has 0 rings (SSSR count). The van der Waals surface area contributed by atoms with Crippen LogP contribution in [0.25, 0.3) is 0 Å². The summed E-state index contributed by atoms with van der Waals surface area (Å²) in [5.41, 5.74) is 0. The number of ether oxygens (including phenoxy) is 4. The van der Waals surface area contributed by atoms with Crippen LogP contribution in [0.15, 0.2) is 36.5 Å². The molecule has 0 fully saturated rings. The van der Waals surface area contributed by atoms with E-state index >= 15 is 0 Å². The van der Waals surface area contributed by atoms with Crippen LogP contribution >= 0.6 is 15.6 Å². The molecule has 0 radical (unpaired) electrons. The predicted molar refractivity (Wildman–Crippen MR) is 381 cm³/mol. The number of rotatable bonds is 73. The van der Waals surface area contributed by atoms with Crippen molar-refractivity contribution >= 4 is 39.5 Å². The molecule has 0 aliphatic heterocycles. The number of hydrogen-bond acceptors (Lipinski definition) is 15. The predicted octanol–water partition coefficient (Wildman–Crippen LogP) is 21.6. The van der Waals surface area contributed by atoms with Crippen LogP contribution in [0.5, 0.6) is 0 Å². The highest BCUT2D eigenvalue weighted by atomic mass is 31.2. The Morgan fingerprint density at radius 2 is 0.489 bits per heavy atom. The summed E-state index contributed by atoms with van der Waals surface area (Å²) in [5.74, 6) is -2.17. The van der Waals surface area contributed by atoms with Gasteiger partial charge in [-0.25, -0.2) is 9.13 Å². The minimum atomic E-state index is -4.96. The van der Waals surface area contributed by atoms with Crippen molar-refractivity contribution < 1.29 is 80.2 Å². The van der Waals surface area contributed by atoms with Crippen LogP contribution < -0.4 is 0 Å². The van der Waals surface area contributed by atoms with Gasteiger partial charge in [-0.15, -0.1) is 0 Å². The fourth-order valence-corrected chi connectivity index (χ4v) is 12.3. The lowest BCUT2D eigenvalue weighted by atomic mass is 10.1. The molecule has 0 saturated heterocycles. The highest BCUT2D eigenvalue weighted by Crippen LogP contribution is 2.45. The second-order valence-corrected chi connectivity index (χ2v) is 28.9. The summed E-state index contributed by atoms with van der Waals surface area (Å²) in [5, 5.41) is 10.6. The monoisotopic (exact) mass is 1370 g/mol. The lowest BCUT2D eigenvalue weighted by molar-refractivity contribution is -0.161. The lowest BCUT2D eigenvalue weighted by Gasteiger charge is -2.21. The maximum absolute atomic E-state index is 13.0. The third-order valence-electron chi connectivity index (χ3n) is 16.6. The molecule has 3 N–H and O–H groups in total. The van der Waals surface area contributed by atoms with E-state index in [9.17, 15) is 43.2 Å². The van der Waals surface area contributed by atoms with Crippen LogP contribution in [0.3, 0.4) is 0 Å². The Bertz CT molecular complexity index is 1930. The van der Waals surface area contributed by atoms with Gasteiger partial charge in [0.05, 0.1) is 26.4 Å². The van der Waals surface area contributed by atoms with Crippen LogP contribution in [-0.2, 0) is 65.4 Å². The molecule has 0 aliphatic rings. The number of carbonyl (C=O) groups excluding carboxylic acids is 4. The number of hydrogen-bond donors (Lipinski definition) is 3. The topological polar surface area (TPSA) is 237 Å². The molecule has 0 bridgehead atoms. The molecule has 19 heteroatoms. The summed E-state index contributed by atoms with van der Waals surface area (Å²) in [6.07, 6.45) is 62.8. The standard InChI is InChI=1S/C75H140O17P2/c1-5-9-13-17-21-25-29-32-34-37-40-43-47-51-55-59-72(77)85-65-70(91-74(79)61-57-53-49-45-39-28-24-20-16-12-8-4)67-89-93(81,82)87-63-69(76)64-88-94(83,84)90-68-71(92-75(80)62-58-54-50-46-42-36-31-27-23-19-15-11-7-3)66-86-73(78)60-56-52-48-44-41-38-35-33-30-26-22-18-14-10-6-2/h27,31-35,69-71,76H,5-26,28-30,36-68H2,1-4H3,(H,81,82)(H,83,84)/b31-27-,34-32-,35-33-. The van der Waals surface area contributed by atoms with Crippen molar-refractivity contribution in [2.45, 2.75) is 380 Å². The van der Waals surface area contributed by atoms with Crippen molar-refractivity contribution in [1.29, 1.82) is 0 Å². The van der Waals surface area contributed by atoms with E-state index in [1.54, 1.807) is 0 Å². The van der Waals surface area contributed by atoms with E-state index in [1.807, 2.05) is 0 Å². The average Bonchev–Trinajstić information content (AvgIpc) is 1.22. The van der Waals surface area contributed by atoms with Crippen molar-refractivity contribution in [2.75, 3.05) is 39.6 Å². The fourth-order valence-electron chi connectivity index (χ4n) is 10.7. The van der Waals surface area contributed by atoms with Gasteiger partial charge in [-0.3, -0.25) is 37.3 Å². The zero-order valence-electron chi connectivity index (χ0n) is 60.2. The normalized spacial score (nSPS) is 14.2. The van der Waals surface area contributed by atoms with E-state index in [1.165, 1.54) is 141 Å². The molecule has 0 aliphatic carbocycles. The highest BCUT2D eigenvalue weighted by molar-refractivity contribution is 7.47. The summed E-state index contributed by atoms with van der Waals surface area (Å²) in [4.78, 5) is 72.7. The number of phosphoric acid groups is 2. The first-order valence-corrected chi connectivity index (χ1v) is 41.2. The largest absolute Gasteiger partial charge is 0.472 e. The summed E-state index contributed by atoms with van der Waals surface area (Å²) >= 11 is 0. The molecule has 0 heterocycles. The first-order valence-electron chi connectivity index (χ1n) is 38.2. The summed E-state index contributed by atoms with van der Waals surface area (Å²) < 4.78 is 68.4. The molecule has 5 atom stereocenters. The van der Waals surface area contributed by atoms with E-state index < -0.39 is 97.5 Å². The van der Waals surface area contributed by atoms with Crippen LogP contribution in [0.2, 0.25) is 0 Å². The molecule has 0 spiro atoms. The molecule has 0 amide bonds. The molecule has 5 unspecified atom stereocenters. The molecule has 0 aromatic carbocycles. The smallest absolute Gasteiger partial charge is 0.462 e. The van der Waals surface area contributed by atoms with Crippen molar-refractivity contribution in [3.63, 3.8) is 0 Å². The summed E-state index contributed by atoms with van der Waals surface area (Å²) in [7, 11) is -9.93. The Hall–Kier alpha value is -2.72. The molecular weight excluding hydrogens is 1230 g/mol. The third-order valence-corrected chi connectivity index (χ3v) is 18.5. The fraction of sp³-hybridized carbons (Fsp3) is 0.867. The Kier molecular flexibility index (Phi) is 66.8. The highest BCUT2D eigenvalue weighted by Gasteiger charge is 2.30. The van der Waals surface area contributed by atoms with Gasteiger partial charge >= 0.3 is 39.5 Å². The van der Waals surface area contributed by atoms with E-state index in [-0.39, 0.29) is 25.7 Å². The second kappa shape index (κ2) is 68.8. The molecule has 552 valence electrons. The molecule has 0 saturated carbocycles. The van der Waals surface area contributed by atoms with Gasteiger partial charge in [-0.1, -0.05) is 270 Å². The van der Waals surface area contributed by atoms with Gasteiger partial charge in [0.15, 0.2) is 12.2 Å². The zero-order valence-corrected chi connectivity index (χ0v) is 61.9. The van der Waals surface area contributed by atoms with Crippen LogP contribution in [0, 0.1) is 0 Å². The zero-order chi connectivity index (χ0) is 69.0. The lowest BCUT2D eigenvalue weighted by Crippen LogP contribution is -2.30. The molecular formula is C75H140O17P2. The van der Waals surface area contributed by atoms with Crippen molar-refractivity contribution in [3.05, 3.63) is 36.5 Å². The molecule has 94 heavy (non-hydrogen) atoms. The van der Waals surface area contributed by atoms with Gasteiger partial charge in [0.1, 0.15) is 19.3 Å². The maximum atomic E-state index is 13.0. The number of esters is 4. The van der Waals surface area contributed by atoms with E-state index in [2.05, 4.69) is 64.2 Å². The second-order valence-electron chi connectivity index (χ2n) is 25.9. The van der Waals surface area contributed by atoms with Crippen LogP contribution in [0.4, 0.5) is 0 Å². The number of phosphoric ester groups is 2. The molecule has 0 aromatic heterocycles. The van der Waals surface area contributed by atoms with E-state index in [0.29, 0.717) is 25.7 Å². The Labute approximate surface area is 573 Å². The van der Waals surface area contributed by atoms with Gasteiger partial charge in [0.2, 0.25) is 0 Å². The first-order chi connectivity index (χ1) is 45.7. The van der Waals surface area contributed by atoms with Crippen LogP contribution in [0.1, 0.15) is 362 Å². The number of aliphatic hydroxyl groups is 1. The maximum Gasteiger partial charge on any atom is 0.472 e. The van der Waals surface area contributed by atoms with Gasteiger partial charge in [-0.05, 0) is 103 Å².